The van der Waals surface area contributed by atoms with Crippen molar-refractivity contribution in [2.75, 3.05) is 13.7 Å². The second-order valence-electron chi connectivity index (χ2n) is 4.65. The number of rotatable bonds is 10. The van der Waals surface area contributed by atoms with Crippen LogP contribution >= 0.6 is 0 Å². The van der Waals surface area contributed by atoms with Crippen molar-refractivity contribution in [2.24, 2.45) is 0 Å². The SMILES string of the molecule is CCCCCCCOCc1ccc(CNC)cn1. The standard InChI is InChI=1S/C15H26N2O/c1-3-4-5-6-7-10-18-13-15-9-8-14(11-16-2)12-17-15/h8-9,12,16H,3-7,10-11,13H2,1-2H3. The van der Waals surface area contributed by atoms with Gasteiger partial charge in [-0.2, -0.15) is 0 Å². The first-order chi connectivity index (χ1) is 8.86. The molecule has 1 N–H and O–H groups in total. The fourth-order valence-electron chi connectivity index (χ4n) is 1.83. The maximum atomic E-state index is 5.62. The third-order valence-electron chi connectivity index (χ3n) is 2.91. The van der Waals surface area contributed by atoms with Crippen LogP contribution in [-0.2, 0) is 17.9 Å². The molecule has 0 atom stereocenters. The van der Waals surface area contributed by atoms with Gasteiger partial charge in [0.1, 0.15) is 0 Å². The molecule has 1 aromatic heterocycles. The summed E-state index contributed by atoms with van der Waals surface area (Å²) in [6.07, 6.45) is 8.33. The van der Waals surface area contributed by atoms with Crippen LogP contribution in [0, 0.1) is 0 Å². The van der Waals surface area contributed by atoms with E-state index >= 15 is 0 Å². The first-order valence-corrected chi connectivity index (χ1v) is 7.03. The minimum Gasteiger partial charge on any atom is -0.375 e. The lowest BCUT2D eigenvalue weighted by Crippen LogP contribution is -2.06. The van der Waals surface area contributed by atoms with E-state index in [9.17, 15) is 0 Å². The topological polar surface area (TPSA) is 34.1 Å². The molecule has 1 aromatic rings. The normalized spacial score (nSPS) is 10.8. The van der Waals surface area contributed by atoms with Crippen molar-refractivity contribution in [3.8, 4) is 0 Å². The fourth-order valence-corrected chi connectivity index (χ4v) is 1.83. The van der Waals surface area contributed by atoms with E-state index in [0.717, 1.165) is 25.3 Å². The molecule has 102 valence electrons. The van der Waals surface area contributed by atoms with Gasteiger partial charge in [0.2, 0.25) is 0 Å². The molecule has 0 aliphatic rings. The number of nitrogens with one attached hydrogen (secondary N) is 1. The summed E-state index contributed by atoms with van der Waals surface area (Å²) >= 11 is 0. The van der Waals surface area contributed by atoms with Crippen LogP contribution in [0.1, 0.15) is 50.3 Å². The zero-order valence-corrected chi connectivity index (χ0v) is 11.7. The van der Waals surface area contributed by atoms with Gasteiger partial charge in [-0.15, -0.1) is 0 Å². The number of hydrogen-bond acceptors (Lipinski definition) is 3. The van der Waals surface area contributed by atoms with Gasteiger partial charge in [0, 0.05) is 19.3 Å². The van der Waals surface area contributed by atoms with Crippen molar-refractivity contribution < 1.29 is 4.74 Å². The van der Waals surface area contributed by atoms with Gasteiger partial charge in [0.15, 0.2) is 0 Å². The second kappa shape index (κ2) is 10.0. The van der Waals surface area contributed by atoms with Crippen molar-refractivity contribution in [3.63, 3.8) is 0 Å². The summed E-state index contributed by atoms with van der Waals surface area (Å²) in [5.74, 6) is 0. The molecule has 0 bridgehead atoms. The third kappa shape index (κ3) is 6.72. The van der Waals surface area contributed by atoms with E-state index in [1.54, 1.807) is 0 Å². The highest BCUT2D eigenvalue weighted by molar-refractivity contribution is 5.13. The molecule has 0 aliphatic heterocycles. The molecule has 0 fully saturated rings. The van der Waals surface area contributed by atoms with Crippen LogP contribution in [0.4, 0.5) is 0 Å². The molecule has 0 saturated carbocycles. The molecular weight excluding hydrogens is 224 g/mol. The summed E-state index contributed by atoms with van der Waals surface area (Å²) in [6.45, 7) is 4.59. The molecule has 0 aromatic carbocycles. The molecule has 18 heavy (non-hydrogen) atoms. The van der Waals surface area contributed by atoms with E-state index in [4.69, 9.17) is 4.74 Å². The van der Waals surface area contributed by atoms with Crippen LogP contribution in [-0.4, -0.2) is 18.6 Å². The summed E-state index contributed by atoms with van der Waals surface area (Å²) in [4.78, 5) is 4.38. The summed E-state index contributed by atoms with van der Waals surface area (Å²) in [5.41, 5.74) is 2.23. The number of aromatic nitrogens is 1. The highest BCUT2D eigenvalue weighted by Crippen LogP contribution is 2.05. The molecule has 3 heteroatoms. The molecule has 0 amide bonds. The zero-order chi connectivity index (χ0) is 13.1. The van der Waals surface area contributed by atoms with Crippen LogP contribution in [0.2, 0.25) is 0 Å². The van der Waals surface area contributed by atoms with Crippen LogP contribution in [0.25, 0.3) is 0 Å². The van der Waals surface area contributed by atoms with Gasteiger partial charge in [0.25, 0.3) is 0 Å². The molecule has 3 nitrogen and oxygen atoms in total. The Hall–Kier alpha value is -0.930. The Morgan fingerprint density at radius 1 is 1.17 bits per heavy atom. The molecule has 0 radical (unpaired) electrons. The predicted molar refractivity (Wildman–Crippen MR) is 75.4 cm³/mol. The molecule has 0 aliphatic carbocycles. The Labute approximate surface area is 111 Å². The maximum absolute atomic E-state index is 5.62. The largest absolute Gasteiger partial charge is 0.375 e. The molecular formula is C15H26N2O. The van der Waals surface area contributed by atoms with E-state index < -0.39 is 0 Å². The Balaban J connectivity index is 2.08. The Morgan fingerprint density at radius 2 is 2.00 bits per heavy atom. The van der Waals surface area contributed by atoms with Gasteiger partial charge >= 0.3 is 0 Å². The Bertz CT molecular complexity index is 298. The van der Waals surface area contributed by atoms with Gasteiger partial charge in [-0.1, -0.05) is 38.7 Å². The summed E-state index contributed by atoms with van der Waals surface area (Å²) < 4.78 is 5.62. The molecule has 0 saturated heterocycles. The lowest BCUT2D eigenvalue weighted by molar-refractivity contribution is 0.114. The smallest absolute Gasteiger partial charge is 0.0887 e. The highest BCUT2D eigenvalue weighted by atomic mass is 16.5. The Morgan fingerprint density at radius 3 is 2.67 bits per heavy atom. The minimum atomic E-state index is 0.633. The summed E-state index contributed by atoms with van der Waals surface area (Å²) in [5, 5.41) is 3.11. The van der Waals surface area contributed by atoms with E-state index in [0.29, 0.717) is 6.61 Å². The van der Waals surface area contributed by atoms with Crippen LogP contribution < -0.4 is 5.32 Å². The predicted octanol–water partition coefficient (Wildman–Crippen LogP) is 3.29. The fraction of sp³-hybridized carbons (Fsp3) is 0.667. The minimum absolute atomic E-state index is 0.633. The number of pyridine rings is 1. The first-order valence-electron chi connectivity index (χ1n) is 7.03. The number of unbranched alkanes of at least 4 members (excludes halogenated alkanes) is 4. The van der Waals surface area contributed by atoms with Crippen LogP contribution in [0.3, 0.4) is 0 Å². The molecule has 1 heterocycles. The lowest BCUT2D eigenvalue weighted by Gasteiger charge is -2.05. The lowest BCUT2D eigenvalue weighted by atomic mass is 10.2. The summed E-state index contributed by atoms with van der Waals surface area (Å²) in [7, 11) is 1.94. The average Bonchev–Trinajstić information content (AvgIpc) is 2.40. The van der Waals surface area contributed by atoms with Gasteiger partial charge < -0.3 is 10.1 Å². The second-order valence-corrected chi connectivity index (χ2v) is 4.65. The maximum Gasteiger partial charge on any atom is 0.0887 e. The number of nitrogens with zero attached hydrogens (tertiary/aromatic N) is 1. The van der Waals surface area contributed by atoms with Crippen molar-refractivity contribution in [3.05, 3.63) is 29.6 Å². The van der Waals surface area contributed by atoms with Crippen molar-refractivity contribution in [2.45, 2.75) is 52.2 Å². The van der Waals surface area contributed by atoms with Crippen molar-refractivity contribution >= 4 is 0 Å². The average molecular weight is 250 g/mol. The van der Waals surface area contributed by atoms with Crippen molar-refractivity contribution in [1.82, 2.24) is 10.3 Å². The van der Waals surface area contributed by atoms with E-state index in [1.165, 1.54) is 31.2 Å². The van der Waals surface area contributed by atoms with E-state index in [1.807, 2.05) is 19.3 Å². The number of ether oxygens (including phenoxy) is 1. The summed E-state index contributed by atoms with van der Waals surface area (Å²) in [6, 6.07) is 4.15. The van der Waals surface area contributed by atoms with Gasteiger partial charge in [-0.25, -0.2) is 0 Å². The third-order valence-corrected chi connectivity index (χ3v) is 2.91. The molecule has 0 spiro atoms. The van der Waals surface area contributed by atoms with Crippen LogP contribution in [0.15, 0.2) is 18.3 Å². The molecule has 1 rings (SSSR count). The van der Waals surface area contributed by atoms with Gasteiger partial charge in [-0.05, 0) is 25.1 Å². The van der Waals surface area contributed by atoms with Gasteiger partial charge in [-0.3, -0.25) is 4.98 Å². The van der Waals surface area contributed by atoms with Gasteiger partial charge in [0.05, 0.1) is 12.3 Å². The zero-order valence-electron chi connectivity index (χ0n) is 11.7. The van der Waals surface area contributed by atoms with Crippen LogP contribution in [0.5, 0.6) is 0 Å². The van der Waals surface area contributed by atoms with E-state index in [2.05, 4.69) is 23.3 Å². The monoisotopic (exact) mass is 250 g/mol. The Kier molecular flexibility index (Phi) is 8.43. The first kappa shape index (κ1) is 15.1. The van der Waals surface area contributed by atoms with Crippen molar-refractivity contribution in [1.29, 1.82) is 0 Å². The quantitative estimate of drug-likeness (QED) is 0.647. The van der Waals surface area contributed by atoms with E-state index in [-0.39, 0.29) is 0 Å². The highest BCUT2D eigenvalue weighted by Gasteiger charge is 1.96. The molecule has 0 unspecified atom stereocenters. The number of hydrogen-bond donors (Lipinski definition) is 1.